The van der Waals surface area contributed by atoms with Crippen LogP contribution in [0, 0.1) is 11.3 Å². The smallest absolute Gasteiger partial charge is 0.344 e. The van der Waals surface area contributed by atoms with Gasteiger partial charge in [-0.1, -0.05) is 32.0 Å². The lowest BCUT2D eigenvalue weighted by atomic mass is 9.48. The molecule has 1 unspecified atom stereocenters. The molecule has 4 N–H and O–H groups in total. The summed E-state index contributed by atoms with van der Waals surface area (Å²) in [4.78, 5) is 53.1. The molecule has 14 nitrogen and oxygen atoms in total. The molecule has 0 radical (unpaired) electrons. The van der Waals surface area contributed by atoms with Crippen LogP contribution in [0.4, 0.5) is 5.69 Å². The van der Waals surface area contributed by atoms with Gasteiger partial charge in [0.15, 0.2) is 6.10 Å². The van der Waals surface area contributed by atoms with Gasteiger partial charge in [0.05, 0.1) is 39.6 Å². The van der Waals surface area contributed by atoms with Gasteiger partial charge in [-0.2, -0.15) is 0 Å². The normalized spacial score (nSPS) is 37.9. The Hall–Kier alpha value is -4.21. The first-order chi connectivity index (χ1) is 28.7. The molecule has 3 aromatic rings. The van der Waals surface area contributed by atoms with Gasteiger partial charge in [-0.3, -0.25) is 19.4 Å². The molecule has 2 aromatic carbocycles. The monoisotopic (exact) mass is 828 g/mol. The van der Waals surface area contributed by atoms with Gasteiger partial charge in [-0.15, -0.1) is 0 Å². The van der Waals surface area contributed by atoms with Crippen LogP contribution in [-0.2, 0) is 45.8 Å². The highest BCUT2D eigenvalue weighted by Crippen LogP contribution is 2.70. The van der Waals surface area contributed by atoms with Crippen LogP contribution in [-0.4, -0.2) is 145 Å². The van der Waals surface area contributed by atoms with E-state index in [-0.39, 0.29) is 24.6 Å². The summed E-state index contributed by atoms with van der Waals surface area (Å²) in [5.41, 5.74) is -1.95. The fraction of sp³-hybridized carbons (Fsp3) is 0.630. The maximum Gasteiger partial charge on any atom is 0.344 e. The minimum Gasteiger partial charge on any atom is -0.496 e. The van der Waals surface area contributed by atoms with Crippen molar-refractivity contribution < 1.29 is 48.7 Å². The Kier molecular flexibility index (Phi) is 9.72. The number of carbonyl (C=O) groups is 3. The lowest BCUT2D eigenvalue weighted by Crippen LogP contribution is -2.79. The summed E-state index contributed by atoms with van der Waals surface area (Å²) in [6, 6.07) is 10.4. The maximum absolute atomic E-state index is 15.3. The minimum absolute atomic E-state index is 0.120. The minimum atomic E-state index is -2.34. The number of likely N-dealkylation sites (N-methyl/N-ethyl adjacent to an activating group) is 1. The van der Waals surface area contributed by atoms with E-state index in [0.29, 0.717) is 88.1 Å². The fourth-order valence-electron chi connectivity index (χ4n) is 14.1. The number of piperidine rings is 1. The largest absolute Gasteiger partial charge is 0.496 e. The number of ether oxygens (including phenoxy) is 4. The number of aromatic amines is 1. The van der Waals surface area contributed by atoms with Gasteiger partial charge >= 0.3 is 17.9 Å². The summed E-state index contributed by atoms with van der Waals surface area (Å²) in [6.45, 7) is 7.61. The average Bonchev–Trinajstić information content (AvgIpc) is 3.99. The molecule has 9 rings (SSSR count). The van der Waals surface area contributed by atoms with Gasteiger partial charge in [0.2, 0.25) is 5.60 Å². The predicted molar refractivity (Wildman–Crippen MR) is 222 cm³/mol. The lowest BCUT2D eigenvalue weighted by molar-refractivity contribution is -0.229. The fourth-order valence-corrected chi connectivity index (χ4v) is 14.1. The van der Waals surface area contributed by atoms with Crippen molar-refractivity contribution in [3.05, 3.63) is 58.8 Å². The number of methoxy groups -OCH3 is 3. The number of aliphatic hydroxyl groups excluding tert-OH is 1. The Morgan fingerprint density at radius 3 is 2.35 bits per heavy atom. The average molecular weight is 829 g/mol. The molecular formula is C46H60N4O10. The standard InChI is InChI=1S/C46H60N4O10/c1-8-42(55)20-27-21-45(40(53)58-6,36-30(14-16-49(23-27)25-42)29-12-10-11-13-33(29)47-36)32-18-31-34(19-35(32)57-5)48(4)38-44(31)15-17-50-28(24-51)22-43(9-2,37(44)50)39(60-26(3)52)46(38,56)41(54)59-7/h10-13,18-19,27-28,37-39,47,51,55-56H,8-9,14-17,20-25H2,1-7H3/t27-,28+,37-,38+,39+,42-,43+,44+,45-,46-/m0/s1. The van der Waals surface area contributed by atoms with Crippen LogP contribution < -0.4 is 9.64 Å². The van der Waals surface area contributed by atoms with Gasteiger partial charge in [-0.25, -0.2) is 4.79 Å². The molecule has 1 spiro atoms. The molecule has 6 heterocycles. The van der Waals surface area contributed by atoms with Crippen LogP contribution in [0.2, 0.25) is 0 Å². The molecule has 1 aliphatic carbocycles. The topological polar surface area (TPSA) is 174 Å². The third-order valence-corrected chi connectivity index (χ3v) is 16.2. The molecule has 1 saturated carbocycles. The zero-order valence-corrected chi connectivity index (χ0v) is 35.9. The highest BCUT2D eigenvalue weighted by Gasteiger charge is 2.82. The summed E-state index contributed by atoms with van der Waals surface area (Å²) in [5, 5.41) is 37.3. The van der Waals surface area contributed by atoms with Crippen LogP contribution in [0.3, 0.4) is 0 Å². The number of H-pyrrole nitrogens is 1. The second kappa shape index (κ2) is 14.2. The van der Waals surface area contributed by atoms with Crippen LogP contribution in [0.5, 0.6) is 5.75 Å². The van der Waals surface area contributed by atoms with Crippen LogP contribution >= 0.6 is 0 Å². The Morgan fingerprint density at radius 2 is 1.68 bits per heavy atom. The van der Waals surface area contributed by atoms with Gasteiger partial charge in [0.25, 0.3) is 0 Å². The molecule has 2 bridgehead atoms. The van der Waals surface area contributed by atoms with E-state index in [4.69, 9.17) is 18.9 Å². The molecule has 5 aliphatic heterocycles. The van der Waals surface area contributed by atoms with Crippen molar-refractivity contribution in [2.24, 2.45) is 11.3 Å². The molecule has 3 saturated heterocycles. The summed E-state index contributed by atoms with van der Waals surface area (Å²) >= 11 is 0. The van der Waals surface area contributed by atoms with Gasteiger partial charge in [-0.05, 0) is 80.7 Å². The summed E-state index contributed by atoms with van der Waals surface area (Å²) < 4.78 is 23.9. The molecule has 1 aromatic heterocycles. The second-order valence-electron chi connectivity index (χ2n) is 18.7. The quantitative estimate of drug-likeness (QED) is 0.193. The summed E-state index contributed by atoms with van der Waals surface area (Å²) in [6.07, 6.45) is 2.01. The number of hydrogen-bond acceptors (Lipinski definition) is 13. The molecular weight excluding hydrogens is 769 g/mol. The summed E-state index contributed by atoms with van der Waals surface area (Å²) in [5.74, 6) is -1.69. The van der Waals surface area contributed by atoms with Crippen LogP contribution in [0.25, 0.3) is 10.9 Å². The molecule has 0 amide bonds. The van der Waals surface area contributed by atoms with Crippen LogP contribution in [0.15, 0.2) is 36.4 Å². The van der Waals surface area contributed by atoms with E-state index < -0.39 is 57.5 Å². The first kappa shape index (κ1) is 41.2. The van der Waals surface area contributed by atoms with Crippen molar-refractivity contribution in [2.75, 3.05) is 66.1 Å². The number of nitrogens with one attached hydrogen (secondary N) is 1. The lowest BCUT2D eigenvalue weighted by Gasteiger charge is -2.61. The number of rotatable bonds is 8. The first-order valence-corrected chi connectivity index (χ1v) is 21.6. The van der Waals surface area contributed by atoms with E-state index >= 15 is 4.79 Å². The number of esters is 3. The molecule has 324 valence electrons. The Morgan fingerprint density at radius 1 is 0.933 bits per heavy atom. The van der Waals surface area contributed by atoms with Gasteiger partial charge < -0.3 is 44.2 Å². The first-order valence-electron chi connectivity index (χ1n) is 21.6. The van der Waals surface area contributed by atoms with Gasteiger partial charge in [0.1, 0.15) is 11.2 Å². The van der Waals surface area contributed by atoms with E-state index in [1.54, 1.807) is 7.11 Å². The van der Waals surface area contributed by atoms with E-state index in [1.807, 2.05) is 50.1 Å². The Balaban J connectivity index is 1.36. The maximum atomic E-state index is 15.3. The number of benzene rings is 2. The number of aromatic nitrogens is 1. The number of para-hydroxylation sites is 1. The van der Waals surface area contributed by atoms with E-state index in [9.17, 15) is 24.9 Å². The zero-order valence-electron chi connectivity index (χ0n) is 35.9. The highest BCUT2D eigenvalue weighted by molar-refractivity contribution is 5.95. The molecule has 6 aliphatic rings. The Labute approximate surface area is 351 Å². The van der Waals surface area contributed by atoms with E-state index in [0.717, 1.165) is 27.7 Å². The number of carbonyl (C=O) groups excluding carboxylic acids is 3. The number of aliphatic hydroxyl groups is 3. The molecule has 14 heteroatoms. The highest BCUT2D eigenvalue weighted by atomic mass is 16.6. The van der Waals surface area contributed by atoms with Crippen molar-refractivity contribution in [3.63, 3.8) is 0 Å². The third kappa shape index (κ3) is 5.20. The van der Waals surface area contributed by atoms with Crippen molar-refractivity contribution in [2.45, 2.75) is 112 Å². The number of nitrogens with zero attached hydrogens (tertiary/aromatic N) is 3. The van der Waals surface area contributed by atoms with E-state index in [1.165, 1.54) is 21.1 Å². The van der Waals surface area contributed by atoms with E-state index in [2.05, 4.69) is 26.9 Å². The molecule has 11 atom stereocenters. The van der Waals surface area contributed by atoms with Gasteiger partial charge in [0, 0.05) is 90.4 Å². The SMILES string of the molecule is CC[C@]1(O)C[C@@H]2CN(CCc3c([nH]c4ccccc34)[C@@](C(=O)OC)(c3cc4c(cc3OC)N(C)[C@H]3[C@@](O)(C(=O)OC)[C@H](OC(C)=O)[C@]5(CC)C[C@H](CO)N6CC[C@]43[C@@H]65)C2)C1. The van der Waals surface area contributed by atoms with Crippen molar-refractivity contribution >= 4 is 34.5 Å². The Bertz CT molecular complexity index is 2250. The third-order valence-electron chi connectivity index (χ3n) is 16.2. The predicted octanol–water partition coefficient (Wildman–Crippen LogP) is 3.19. The number of anilines is 1. The second-order valence-corrected chi connectivity index (χ2v) is 18.7. The molecule has 4 fully saturated rings. The zero-order chi connectivity index (χ0) is 42.7. The number of hydrogen-bond donors (Lipinski definition) is 4. The summed E-state index contributed by atoms with van der Waals surface area (Å²) in [7, 11) is 6.07. The van der Waals surface area contributed by atoms with Crippen molar-refractivity contribution in [1.29, 1.82) is 0 Å². The molecule has 60 heavy (non-hydrogen) atoms. The number of fused-ring (bicyclic) bond motifs is 6. The van der Waals surface area contributed by atoms with Crippen molar-refractivity contribution in [1.82, 2.24) is 14.8 Å². The van der Waals surface area contributed by atoms with Crippen LogP contribution in [0.1, 0.15) is 81.7 Å². The van der Waals surface area contributed by atoms with Crippen molar-refractivity contribution in [3.8, 4) is 5.75 Å².